The van der Waals surface area contributed by atoms with Crippen LogP contribution in [0.25, 0.3) is 0 Å². The van der Waals surface area contributed by atoms with E-state index in [0.717, 1.165) is 38.3 Å². The third-order valence-electron chi connectivity index (χ3n) is 7.14. The second-order valence-corrected chi connectivity index (χ2v) is 10.1. The van der Waals surface area contributed by atoms with Gasteiger partial charge < -0.3 is 25.8 Å². The van der Waals surface area contributed by atoms with E-state index in [9.17, 15) is 14.4 Å². The smallest absolute Gasteiger partial charge is 0.251 e. The lowest BCUT2D eigenvalue weighted by atomic mass is 9.89. The molecule has 3 rings (SSSR count). The highest BCUT2D eigenvalue weighted by molar-refractivity contribution is 6.03. The summed E-state index contributed by atoms with van der Waals surface area (Å²) in [5.41, 5.74) is 9.19. The summed E-state index contributed by atoms with van der Waals surface area (Å²) in [5.74, 6) is -0.820. The summed E-state index contributed by atoms with van der Waals surface area (Å²) in [6.45, 7) is 11.8. The zero-order valence-electron chi connectivity index (χ0n) is 22.1. The van der Waals surface area contributed by atoms with Gasteiger partial charge in [0.05, 0.1) is 5.56 Å². The minimum Gasteiger partial charge on any atom is -0.368 e. The van der Waals surface area contributed by atoms with Gasteiger partial charge >= 0.3 is 0 Å². The first-order chi connectivity index (χ1) is 17.0. The topological polar surface area (TPSA) is 99.0 Å². The third-order valence-corrected chi connectivity index (χ3v) is 7.14. The molecule has 0 radical (unpaired) electrons. The molecule has 1 fully saturated rings. The molecule has 1 heterocycles. The average molecular weight is 494 g/mol. The number of para-hydroxylation sites is 1. The van der Waals surface area contributed by atoms with Crippen molar-refractivity contribution in [3.05, 3.63) is 59.2 Å². The molecule has 0 saturated carbocycles. The lowest BCUT2D eigenvalue weighted by molar-refractivity contribution is -0.139. The van der Waals surface area contributed by atoms with Gasteiger partial charge in [0.2, 0.25) is 5.91 Å². The molecule has 36 heavy (non-hydrogen) atoms. The Labute approximate surface area is 214 Å². The molecular weight excluding hydrogens is 454 g/mol. The van der Waals surface area contributed by atoms with E-state index in [1.54, 1.807) is 30.1 Å². The Morgan fingerprint density at radius 3 is 2.19 bits per heavy atom. The number of anilines is 2. The predicted molar refractivity (Wildman–Crippen MR) is 145 cm³/mol. The van der Waals surface area contributed by atoms with Crippen LogP contribution in [0.2, 0.25) is 0 Å². The van der Waals surface area contributed by atoms with Crippen LogP contribution in [-0.4, -0.2) is 68.9 Å². The summed E-state index contributed by atoms with van der Waals surface area (Å²) in [4.78, 5) is 43.7. The van der Waals surface area contributed by atoms with Crippen LogP contribution in [0.15, 0.2) is 42.5 Å². The van der Waals surface area contributed by atoms with E-state index in [0.29, 0.717) is 24.2 Å². The van der Waals surface area contributed by atoms with Crippen LogP contribution < -0.4 is 20.9 Å². The summed E-state index contributed by atoms with van der Waals surface area (Å²) < 4.78 is 0. The Morgan fingerprint density at radius 2 is 1.61 bits per heavy atom. The van der Waals surface area contributed by atoms with Gasteiger partial charge in [-0.2, -0.15) is 0 Å². The normalized spacial score (nSPS) is 13.9. The number of hydrogen-bond donors (Lipinski definition) is 2. The van der Waals surface area contributed by atoms with Crippen LogP contribution in [0.4, 0.5) is 11.4 Å². The van der Waals surface area contributed by atoms with Gasteiger partial charge in [0.1, 0.15) is 0 Å². The van der Waals surface area contributed by atoms with Crippen LogP contribution in [0.1, 0.15) is 53.5 Å². The zero-order chi connectivity index (χ0) is 26.5. The van der Waals surface area contributed by atoms with Gasteiger partial charge in [-0.15, -0.1) is 0 Å². The molecule has 8 nitrogen and oxygen atoms in total. The maximum absolute atomic E-state index is 12.8. The van der Waals surface area contributed by atoms with Crippen molar-refractivity contribution < 1.29 is 14.4 Å². The van der Waals surface area contributed by atoms with Gasteiger partial charge in [0.25, 0.3) is 11.8 Å². The summed E-state index contributed by atoms with van der Waals surface area (Å²) >= 11 is 0. The van der Waals surface area contributed by atoms with E-state index in [4.69, 9.17) is 5.73 Å². The molecule has 0 bridgehead atoms. The molecular formula is C28H39N5O3. The number of carbonyl (C=O) groups is 3. The number of nitrogens with zero attached hydrogens (tertiary/aromatic N) is 3. The Kier molecular flexibility index (Phi) is 8.61. The van der Waals surface area contributed by atoms with Crippen molar-refractivity contribution >= 4 is 29.1 Å². The summed E-state index contributed by atoms with van der Waals surface area (Å²) in [5, 5.41) is 2.84. The molecule has 1 saturated heterocycles. The number of nitrogens with one attached hydrogen (secondary N) is 1. The highest BCUT2D eigenvalue weighted by Crippen LogP contribution is 2.26. The fourth-order valence-electron chi connectivity index (χ4n) is 4.47. The predicted octanol–water partition coefficient (Wildman–Crippen LogP) is 3.04. The first-order valence-electron chi connectivity index (χ1n) is 12.6. The Morgan fingerprint density at radius 1 is 1.00 bits per heavy atom. The first kappa shape index (κ1) is 27.0. The molecule has 0 unspecified atom stereocenters. The number of benzene rings is 2. The van der Waals surface area contributed by atoms with Crippen LogP contribution >= 0.6 is 0 Å². The number of primary amides is 1. The van der Waals surface area contributed by atoms with Crippen LogP contribution in [0.5, 0.6) is 0 Å². The molecule has 1 aliphatic heterocycles. The highest BCUT2D eigenvalue weighted by atomic mass is 16.2. The maximum Gasteiger partial charge on any atom is 0.251 e. The second kappa shape index (κ2) is 11.5. The highest BCUT2D eigenvalue weighted by Gasteiger charge is 2.28. The zero-order valence-corrected chi connectivity index (χ0v) is 22.1. The monoisotopic (exact) mass is 493 g/mol. The number of aryl methyl sites for hydroxylation is 1. The summed E-state index contributed by atoms with van der Waals surface area (Å²) in [6, 6.07) is 13.4. The first-order valence-corrected chi connectivity index (χ1v) is 12.6. The molecule has 3 amide bonds. The molecule has 3 N–H and O–H groups in total. The van der Waals surface area contributed by atoms with Crippen molar-refractivity contribution in [2.24, 2.45) is 11.1 Å². The van der Waals surface area contributed by atoms with E-state index in [1.807, 2.05) is 32.9 Å². The fourth-order valence-corrected chi connectivity index (χ4v) is 4.47. The van der Waals surface area contributed by atoms with Crippen molar-refractivity contribution in [1.29, 1.82) is 0 Å². The second-order valence-electron chi connectivity index (χ2n) is 10.1. The number of hydrogen-bond acceptors (Lipinski definition) is 5. The standard InChI is InChI=1S/C28H39N5O3/c1-6-28(3,4)27(36)31(5)14-13-30-26(35)21-11-12-24(22(19-21)25(29)34)33-17-15-32(16-18-33)23-10-8-7-9-20(23)2/h7-12,19H,6,13-18H2,1-5H3,(H2,29,34)(H,30,35). The molecule has 8 heteroatoms. The van der Waals surface area contributed by atoms with E-state index < -0.39 is 11.3 Å². The van der Waals surface area contributed by atoms with Crippen LogP contribution in [0.3, 0.4) is 0 Å². The fraction of sp³-hybridized carbons (Fsp3) is 0.464. The van der Waals surface area contributed by atoms with Gasteiger partial charge in [-0.05, 0) is 43.2 Å². The van der Waals surface area contributed by atoms with Crippen molar-refractivity contribution in [3.8, 4) is 0 Å². The summed E-state index contributed by atoms with van der Waals surface area (Å²) in [7, 11) is 1.74. The Hall–Kier alpha value is -3.55. The van der Waals surface area contributed by atoms with Crippen molar-refractivity contribution in [1.82, 2.24) is 10.2 Å². The van der Waals surface area contributed by atoms with Crippen molar-refractivity contribution in [2.75, 3.05) is 56.1 Å². The van der Waals surface area contributed by atoms with Gasteiger partial charge in [-0.1, -0.05) is 39.0 Å². The van der Waals surface area contributed by atoms with E-state index >= 15 is 0 Å². The van der Waals surface area contributed by atoms with Crippen molar-refractivity contribution in [3.63, 3.8) is 0 Å². The number of carbonyl (C=O) groups excluding carboxylic acids is 3. The van der Waals surface area contributed by atoms with Gasteiger partial charge in [0.15, 0.2) is 0 Å². The van der Waals surface area contributed by atoms with E-state index in [2.05, 4.69) is 34.2 Å². The number of likely N-dealkylation sites (N-methyl/N-ethyl adjacent to an activating group) is 1. The maximum atomic E-state index is 12.8. The van der Waals surface area contributed by atoms with Crippen LogP contribution in [-0.2, 0) is 4.79 Å². The van der Waals surface area contributed by atoms with Gasteiger partial charge in [-0.25, -0.2) is 0 Å². The summed E-state index contributed by atoms with van der Waals surface area (Å²) in [6.07, 6.45) is 0.742. The Balaban J connectivity index is 1.63. The third kappa shape index (κ3) is 6.17. The lowest BCUT2D eigenvalue weighted by Gasteiger charge is -2.38. The molecule has 0 spiro atoms. The average Bonchev–Trinajstić information content (AvgIpc) is 2.88. The molecule has 0 atom stereocenters. The molecule has 2 aromatic rings. The Bertz CT molecular complexity index is 1110. The SMILES string of the molecule is CCC(C)(C)C(=O)N(C)CCNC(=O)c1ccc(N2CCN(c3ccccc3C)CC2)c(C(N)=O)c1. The quantitative estimate of drug-likeness (QED) is 0.559. The van der Waals surface area contributed by atoms with Gasteiger partial charge in [-0.3, -0.25) is 14.4 Å². The molecule has 0 aliphatic carbocycles. The number of nitrogens with two attached hydrogens (primary N) is 1. The minimum atomic E-state index is -0.562. The molecule has 2 aromatic carbocycles. The molecule has 0 aromatic heterocycles. The minimum absolute atomic E-state index is 0.0436. The van der Waals surface area contributed by atoms with Crippen molar-refractivity contribution in [2.45, 2.75) is 34.1 Å². The number of amides is 3. The van der Waals surface area contributed by atoms with Crippen LogP contribution in [0, 0.1) is 12.3 Å². The molecule has 1 aliphatic rings. The molecule has 194 valence electrons. The van der Waals surface area contributed by atoms with E-state index in [-0.39, 0.29) is 11.8 Å². The van der Waals surface area contributed by atoms with Gasteiger partial charge in [0, 0.05) is 68.7 Å². The number of piperazine rings is 1. The lowest BCUT2D eigenvalue weighted by Crippen LogP contribution is -2.47. The largest absolute Gasteiger partial charge is 0.368 e. The van der Waals surface area contributed by atoms with E-state index in [1.165, 1.54) is 11.3 Å². The number of rotatable bonds is 9.